The molecule has 1 aliphatic rings. The molecule has 1 aliphatic heterocycles. The third kappa shape index (κ3) is 4.14. The second kappa shape index (κ2) is 7.71. The summed E-state index contributed by atoms with van der Waals surface area (Å²) >= 11 is 1.73. The summed E-state index contributed by atoms with van der Waals surface area (Å²) in [5.41, 5.74) is 7.25. The molecule has 2 atom stereocenters. The quantitative estimate of drug-likeness (QED) is 0.874. The molecule has 0 saturated carbocycles. The van der Waals surface area contributed by atoms with E-state index in [1.165, 1.54) is 5.56 Å². The van der Waals surface area contributed by atoms with Crippen LogP contribution in [0.2, 0.25) is 0 Å². The first kappa shape index (κ1) is 16.2. The molecular formula is C16H24N2O2S. The maximum atomic E-state index is 12.3. The molecule has 2 N–H and O–H groups in total. The molecule has 21 heavy (non-hydrogen) atoms. The van der Waals surface area contributed by atoms with Gasteiger partial charge >= 0.3 is 0 Å². The highest BCUT2D eigenvalue weighted by Gasteiger charge is 2.29. The van der Waals surface area contributed by atoms with Gasteiger partial charge in [0.1, 0.15) is 5.75 Å². The topological polar surface area (TPSA) is 55.6 Å². The van der Waals surface area contributed by atoms with Crippen LogP contribution in [0.4, 0.5) is 0 Å². The lowest BCUT2D eigenvalue weighted by Crippen LogP contribution is -2.42. The highest BCUT2D eigenvalue weighted by atomic mass is 32.2. The van der Waals surface area contributed by atoms with E-state index in [4.69, 9.17) is 10.5 Å². The lowest BCUT2D eigenvalue weighted by molar-refractivity contribution is -0.131. The van der Waals surface area contributed by atoms with E-state index in [2.05, 4.69) is 12.1 Å². The Kier molecular flexibility index (Phi) is 5.94. The van der Waals surface area contributed by atoms with E-state index < -0.39 is 0 Å². The van der Waals surface area contributed by atoms with Gasteiger partial charge in [-0.25, -0.2) is 0 Å². The van der Waals surface area contributed by atoms with Crippen LogP contribution >= 0.6 is 11.8 Å². The number of rotatable bonds is 6. The minimum absolute atomic E-state index is 0.0973. The Hall–Kier alpha value is -1.20. The lowest BCUT2D eigenvalue weighted by atomic mass is 9.98. The van der Waals surface area contributed by atoms with Crippen molar-refractivity contribution in [3.8, 4) is 5.75 Å². The number of nitrogens with zero attached hydrogens (tertiary/aromatic N) is 1. The number of likely N-dealkylation sites (tertiary alicyclic amines) is 1. The summed E-state index contributed by atoms with van der Waals surface area (Å²) in [5, 5.41) is 0. The van der Waals surface area contributed by atoms with Gasteiger partial charge in [0.15, 0.2) is 0 Å². The van der Waals surface area contributed by atoms with Gasteiger partial charge < -0.3 is 15.4 Å². The van der Waals surface area contributed by atoms with Crippen LogP contribution in [0, 0.1) is 0 Å². The van der Waals surface area contributed by atoms with Gasteiger partial charge in [0.05, 0.1) is 13.2 Å². The maximum Gasteiger partial charge on any atom is 0.239 e. The molecular weight excluding hydrogens is 284 g/mol. The largest absolute Gasteiger partial charge is 0.497 e. The summed E-state index contributed by atoms with van der Waals surface area (Å²) in [5.74, 6) is 2.30. The molecule has 0 spiro atoms. The molecule has 1 aromatic carbocycles. The van der Waals surface area contributed by atoms with Crippen molar-refractivity contribution in [1.29, 1.82) is 0 Å². The smallest absolute Gasteiger partial charge is 0.239 e. The van der Waals surface area contributed by atoms with E-state index in [-0.39, 0.29) is 11.9 Å². The first-order valence-electron chi connectivity index (χ1n) is 7.33. The Morgan fingerprint density at radius 2 is 2.19 bits per heavy atom. The number of methoxy groups -OCH3 is 1. The first-order valence-corrected chi connectivity index (χ1v) is 8.72. The average Bonchev–Trinajstić information content (AvgIpc) is 3.01. The lowest BCUT2D eigenvalue weighted by Gasteiger charge is -2.21. The number of amides is 1. The zero-order chi connectivity index (χ0) is 15.2. The van der Waals surface area contributed by atoms with E-state index in [1.807, 2.05) is 23.3 Å². The first-order chi connectivity index (χ1) is 10.2. The molecule has 4 nitrogen and oxygen atoms in total. The fourth-order valence-electron chi connectivity index (χ4n) is 2.71. The Balaban J connectivity index is 1.91. The van der Waals surface area contributed by atoms with Crippen LogP contribution in [-0.2, 0) is 4.79 Å². The Morgan fingerprint density at radius 1 is 1.48 bits per heavy atom. The fourth-order valence-corrected chi connectivity index (χ4v) is 3.20. The van der Waals surface area contributed by atoms with Crippen LogP contribution in [-0.4, -0.2) is 49.1 Å². The van der Waals surface area contributed by atoms with Crippen molar-refractivity contribution in [3.05, 3.63) is 29.8 Å². The van der Waals surface area contributed by atoms with Gasteiger partial charge in [-0.2, -0.15) is 11.8 Å². The predicted molar refractivity (Wildman–Crippen MR) is 87.9 cm³/mol. The van der Waals surface area contributed by atoms with Gasteiger partial charge in [-0.15, -0.1) is 0 Å². The van der Waals surface area contributed by atoms with E-state index >= 15 is 0 Å². The van der Waals surface area contributed by atoms with Crippen molar-refractivity contribution in [2.75, 3.05) is 32.2 Å². The number of thioether (sulfide) groups is 1. The highest BCUT2D eigenvalue weighted by Crippen LogP contribution is 2.28. The second-order valence-electron chi connectivity index (χ2n) is 5.43. The van der Waals surface area contributed by atoms with Crippen molar-refractivity contribution in [1.82, 2.24) is 4.90 Å². The van der Waals surface area contributed by atoms with Gasteiger partial charge in [0.25, 0.3) is 0 Å². The summed E-state index contributed by atoms with van der Waals surface area (Å²) in [6.07, 6.45) is 3.80. The molecule has 1 aromatic rings. The predicted octanol–water partition coefficient (Wildman–Crippen LogP) is 2.09. The van der Waals surface area contributed by atoms with Crippen LogP contribution < -0.4 is 10.5 Å². The monoisotopic (exact) mass is 308 g/mol. The number of nitrogens with two attached hydrogens (primary N) is 1. The zero-order valence-electron chi connectivity index (χ0n) is 12.7. The van der Waals surface area contributed by atoms with Crippen LogP contribution in [0.25, 0.3) is 0 Å². The molecule has 1 heterocycles. The molecule has 5 heteroatoms. The molecule has 1 unspecified atom stereocenters. The van der Waals surface area contributed by atoms with E-state index in [0.29, 0.717) is 5.92 Å². The normalized spacial score (nSPS) is 19.6. The molecule has 0 bridgehead atoms. The van der Waals surface area contributed by atoms with Crippen LogP contribution in [0.15, 0.2) is 24.3 Å². The van der Waals surface area contributed by atoms with E-state index in [0.717, 1.165) is 37.4 Å². The van der Waals surface area contributed by atoms with Gasteiger partial charge in [0.2, 0.25) is 5.91 Å². The summed E-state index contributed by atoms with van der Waals surface area (Å²) in [6, 6.07) is 7.77. The third-order valence-electron chi connectivity index (χ3n) is 4.04. The highest BCUT2D eigenvalue weighted by molar-refractivity contribution is 7.98. The molecule has 0 radical (unpaired) electrons. The van der Waals surface area contributed by atoms with Crippen LogP contribution in [0.5, 0.6) is 5.75 Å². The molecule has 1 amide bonds. The van der Waals surface area contributed by atoms with Crippen molar-refractivity contribution in [2.45, 2.75) is 24.8 Å². The van der Waals surface area contributed by atoms with E-state index in [9.17, 15) is 4.79 Å². The number of hydrogen-bond donors (Lipinski definition) is 1. The number of ether oxygens (including phenoxy) is 1. The summed E-state index contributed by atoms with van der Waals surface area (Å²) in [6.45, 7) is 1.58. The van der Waals surface area contributed by atoms with Crippen molar-refractivity contribution >= 4 is 17.7 Å². The summed E-state index contributed by atoms with van der Waals surface area (Å²) in [4.78, 5) is 14.2. The van der Waals surface area contributed by atoms with Gasteiger partial charge in [-0.1, -0.05) is 12.1 Å². The van der Waals surface area contributed by atoms with Crippen molar-refractivity contribution in [2.24, 2.45) is 5.73 Å². The molecule has 1 saturated heterocycles. The second-order valence-corrected chi connectivity index (χ2v) is 6.42. The Morgan fingerprint density at radius 3 is 2.81 bits per heavy atom. The number of benzene rings is 1. The fraction of sp³-hybridized carbons (Fsp3) is 0.562. The Labute approximate surface area is 131 Å². The SMILES string of the molecule is COc1ccc(C2CCN(C(=O)[C@@H](N)CCSC)C2)cc1. The number of hydrogen-bond acceptors (Lipinski definition) is 4. The van der Waals surface area contributed by atoms with Gasteiger partial charge in [0, 0.05) is 19.0 Å². The Bertz CT molecular complexity index is 464. The maximum absolute atomic E-state index is 12.3. The molecule has 0 aromatic heterocycles. The minimum Gasteiger partial charge on any atom is -0.497 e. The van der Waals surface area contributed by atoms with Crippen LogP contribution in [0.3, 0.4) is 0 Å². The summed E-state index contributed by atoms with van der Waals surface area (Å²) in [7, 11) is 1.67. The summed E-state index contributed by atoms with van der Waals surface area (Å²) < 4.78 is 5.18. The number of carbonyl (C=O) groups is 1. The molecule has 116 valence electrons. The minimum atomic E-state index is -0.355. The van der Waals surface area contributed by atoms with Crippen molar-refractivity contribution in [3.63, 3.8) is 0 Å². The van der Waals surface area contributed by atoms with Gasteiger partial charge in [-0.3, -0.25) is 4.79 Å². The average molecular weight is 308 g/mol. The van der Waals surface area contributed by atoms with Crippen LogP contribution in [0.1, 0.15) is 24.3 Å². The molecule has 1 fully saturated rings. The zero-order valence-corrected chi connectivity index (χ0v) is 13.6. The van der Waals surface area contributed by atoms with Gasteiger partial charge in [-0.05, 0) is 42.5 Å². The number of carbonyl (C=O) groups excluding carboxylic acids is 1. The van der Waals surface area contributed by atoms with Crippen molar-refractivity contribution < 1.29 is 9.53 Å². The molecule has 0 aliphatic carbocycles. The standard InChI is InChI=1S/C16H24N2O2S/c1-20-14-5-3-12(4-6-14)13-7-9-18(11-13)16(19)15(17)8-10-21-2/h3-6,13,15H,7-11,17H2,1-2H3/t13?,15-/m0/s1. The molecule has 2 rings (SSSR count). The van der Waals surface area contributed by atoms with E-state index in [1.54, 1.807) is 18.9 Å². The third-order valence-corrected chi connectivity index (χ3v) is 4.68.